The van der Waals surface area contributed by atoms with Crippen LogP contribution in [0.3, 0.4) is 0 Å². The summed E-state index contributed by atoms with van der Waals surface area (Å²) in [5.41, 5.74) is 3.31. The summed E-state index contributed by atoms with van der Waals surface area (Å²) in [4.78, 5) is 16.4. The molecule has 0 aliphatic carbocycles. The van der Waals surface area contributed by atoms with Crippen LogP contribution in [0.1, 0.15) is 19.4 Å². The lowest BCUT2D eigenvalue weighted by atomic mass is 10.1. The minimum atomic E-state index is -3.96. The molecule has 3 N–H and O–H groups in total. The SMILES string of the molecule is CC(C)[C@@H](NS(=O)(=O)c1ccc2nc(SCc3ccc(Cl)cc3)sc2c1)C(=O)NO. The summed E-state index contributed by atoms with van der Waals surface area (Å²) in [6, 6.07) is 11.1. The predicted molar refractivity (Wildman–Crippen MR) is 120 cm³/mol. The Morgan fingerprint density at radius 2 is 1.93 bits per heavy atom. The first kappa shape index (κ1) is 23.0. The van der Waals surface area contributed by atoms with Crippen molar-refractivity contribution in [1.82, 2.24) is 15.2 Å². The number of fused-ring (bicyclic) bond motifs is 1. The largest absolute Gasteiger partial charge is 0.289 e. The van der Waals surface area contributed by atoms with Gasteiger partial charge in [-0.05, 0) is 41.8 Å². The number of aromatic nitrogens is 1. The molecule has 160 valence electrons. The smallest absolute Gasteiger partial charge is 0.261 e. The number of nitrogens with one attached hydrogen (secondary N) is 2. The maximum absolute atomic E-state index is 12.8. The fraction of sp³-hybridized carbons (Fsp3) is 0.263. The number of thioether (sulfide) groups is 1. The van der Waals surface area contributed by atoms with Gasteiger partial charge in [0.05, 0.1) is 15.1 Å². The van der Waals surface area contributed by atoms with Crippen LogP contribution in [0.4, 0.5) is 0 Å². The van der Waals surface area contributed by atoms with Gasteiger partial charge < -0.3 is 0 Å². The van der Waals surface area contributed by atoms with E-state index in [0.717, 1.165) is 20.4 Å². The Hall–Kier alpha value is -1.69. The van der Waals surface area contributed by atoms with Crippen LogP contribution in [0.5, 0.6) is 0 Å². The van der Waals surface area contributed by atoms with Crippen LogP contribution in [0.2, 0.25) is 5.02 Å². The molecule has 0 aliphatic heterocycles. The van der Waals surface area contributed by atoms with Crippen LogP contribution in [0.25, 0.3) is 10.2 Å². The summed E-state index contributed by atoms with van der Waals surface area (Å²) in [6.45, 7) is 3.36. The maximum atomic E-state index is 12.8. The Labute approximate surface area is 187 Å². The first-order valence-corrected chi connectivity index (χ1v) is 12.6. The number of amides is 1. The molecule has 0 fully saturated rings. The standard InChI is InChI=1S/C19H20ClN3O4S3/c1-11(2)17(18(24)22-25)23-30(26,27)14-7-8-15-16(9-14)29-19(21-15)28-10-12-3-5-13(20)6-4-12/h3-9,11,17,23,25H,10H2,1-2H3,(H,22,24)/t17-/m1/s1. The van der Waals surface area contributed by atoms with Gasteiger partial charge in [-0.25, -0.2) is 18.9 Å². The van der Waals surface area contributed by atoms with Crippen LogP contribution in [0, 0.1) is 5.92 Å². The zero-order valence-electron chi connectivity index (χ0n) is 16.1. The van der Waals surface area contributed by atoms with Crippen molar-refractivity contribution in [3.05, 3.63) is 53.1 Å². The van der Waals surface area contributed by atoms with Crippen LogP contribution in [-0.2, 0) is 20.6 Å². The zero-order chi connectivity index (χ0) is 21.9. The number of hydrogen-bond donors (Lipinski definition) is 3. The van der Waals surface area contributed by atoms with Crippen molar-refractivity contribution in [2.24, 2.45) is 5.92 Å². The van der Waals surface area contributed by atoms with E-state index < -0.39 is 22.0 Å². The number of hydrogen-bond acceptors (Lipinski definition) is 7. The van der Waals surface area contributed by atoms with Crippen molar-refractivity contribution < 1.29 is 18.4 Å². The number of carbonyl (C=O) groups is 1. The number of nitrogens with zero attached hydrogens (tertiary/aromatic N) is 1. The van der Waals surface area contributed by atoms with E-state index in [1.165, 1.54) is 28.9 Å². The molecule has 2 aromatic carbocycles. The number of carbonyl (C=O) groups excluding carboxylic acids is 1. The molecule has 1 atom stereocenters. The Bertz CT molecular complexity index is 1150. The van der Waals surface area contributed by atoms with Gasteiger partial charge in [0.1, 0.15) is 6.04 Å². The molecule has 0 spiro atoms. The van der Waals surface area contributed by atoms with Gasteiger partial charge in [0, 0.05) is 10.8 Å². The number of hydroxylamine groups is 1. The van der Waals surface area contributed by atoms with Gasteiger partial charge in [-0.2, -0.15) is 4.72 Å². The molecule has 30 heavy (non-hydrogen) atoms. The van der Waals surface area contributed by atoms with Crippen LogP contribution in [0.15, 0.2) is 51.7 Å². The fourth-order valence-corrected chi connectivity index (χ4v) is 6.27. The molecule has 3 aromatic rings. The van der Waals surface area contributed by atoms with Crippen molar-refractivity contribution in [2.75, 3.05) is 0 Å². The minimum Gasteiger partial charge on any atom is -0.289 e. The third kappa shape index (κ3) is 5.51. The summed E-state index contributed by atoms with van der Waals surface area (Å²) in [5, 5.41) is 9.54. The number of rotatable bonds is 8. The van der Waals surface area contributed by atoms with E-state index in [1.807, 2.05) is 24.3 Å². The molecule has 0 aliphatic rings. The first-order chi connectivity index (χ1) is 14.2. The van der Waals surface area contributed by atoms with Crippen LogP contribution >= 0.6 is 34.7 Å². The Balaban J connectivity index is 1.79. The normalized spacial score (nSPS) is 13.0. The Kier molecular flexibility index (Phi) is 7.38. The molecule has 0 radical (unpaired) electrons. The molecule has 0 saturated carbocycles. The quantitative estimate of drug-likeness (QED) is 0.252. The van der Waals surface area contributed by atoms with E-state index in [1.54, 1.807) is 31.7 Å². The van der Waals surface area contributed by atoms with Crippen LogP contribution in [-0.4, -0.2) is 30.6 Å². The third-order valence-corrected chi connectivity index (χ3v) is 8.19. The molecule has 7 nitrogen and oxygen atoms in total. The second-order valence-corrected chi connectivity index (χ2v) is 11.2. The predicted octanol–water partition coefficient (Wildman–Crippen LogP) is 4.05. The molecular weight excluding hydrogens is 466 g/mol. The van der Waals surface area contributed by atoms with Crippen LogP contribution < -0.4 is 10.2 Å². The molecule has 0 bridgehead atoms. The topological polar surface area (TPSA) is 108 Å². The van der Waals surface area contributed by atoms with Crippen molar-refractivity contribution >= 4 is 60.8 Å². The summed E-state index contributed by atoms with van der Waals surface area (Å²) in [5.74, 6) is -0.445. The Morgan fingerprint density at radius 1 is 1.23 bits per heavy atom. The highest BCUT2D eigenvalue weighted by Crippen LogP contribution is 2.33. The lowest BCUT2D eigenvalue weighted by Crippen LogP contribution is -2.48. The lowest BCUT2D eigenvalue weighted by molar-refractivity contribution is -0.131. The van der Waals surface area contributed by atoms with Gasteiger partial charge in [0.2, 0.25) is 10.0 Å². The third-order valence-electron chi connectivity index (χ3n) is 4.27. The number of sulfonamides is 1. The summed E-state index contributed by atoms with van der Waals surface area (Å²) in [7, 11) is -3.96. The molecule has 0 saturated heterocycles. The number of halogens is 1. The minimum absolute atomic E-state index is 0.0318. The van der Waals surface area contributed by atoms with Gasteiger partial charge in [-0.1, -0.05) is 49.3 Å². The monoisotopic (exact) mass is 485 g/mol. The highest BCUT2D eigenvalue weighted by molar-refractivity contribution is 8.00. The summed E-state index contributed by atoms with van der Waals surface area (Å²) in [6.07, 6.45) is 0. The molecular formula is C19H20ClN3O4S3. The molecule has 11 heteroatoms. The molecule has 1 heterocycles. The van der Waals surface area contributed by atoms with E-state index in [-0.39, 0.29) is 10.8 Å². The summed E-state index contributed by atoms with van der Waals surface area (Å²) >= 11 is 8.86. The molecule has 3 rings (SSSR count). The number of thiazole rings is 1. The second kappa shape index (κ2) is 9.63. The van der Waals surface area contributed by atoms with Crippen molar-refractivity contribution in [3.63, 3.8) is 0 Å². The highest BCUT2D eigenvalue weighted by atomic mass is 35.5. The lowest BCUT2D eigenvalue weighted by Gasteiger charge is -2.20. The highest BCUT2D eigenvalue weighted by Gasteiger charge is 2.28. The van der Waals surface area contributed by atoms with Crippen molar-refractivity contribution in [1.29, 1.82) is 0 Å². The summed E-state index contributed by atoms with van der Waals surface area (Å²) < 4.78 is 29.4. The van der Waals surface area contributed by atoms with E-state index in [0.29, 0.717) is 10.5 Å². The van der Waals surface area contributed by atoms with E-state index in [2.05, 4.69) is 9.71 Å². The molecule has 1 amide bonds. The van der Waals surface area contributed by atoms with E-state index >= 15 is 0 Å². The average molecular weight is 486 g/mol. The molecule has 1 aromatic heterocycles. The second-order valence-electron chi connectivity index (χ2n) is 6.84. The van der Waals surface area contributed by atoms with E-state index in [4.69, 9.17) is 16.8 Å². The van der Waals surface area contributed by atoms with Gasteiger partial charge in [0.25, 0.3) is 5.91 Å². The zero-order valence-corrected chi connectivity index (χ0v) is 19.3. The van der Waals surface area contributed by atoms with Gasteiger partial charge in [-0.15, -0.1) is 11.3 Å². The molecule has 0 unspecified atom stereocenters. The van der Waals surface area contributed by atoms with Gasteiger partial charge >= 0.3 is 0 Å². The Morgan fingerprint density at radius 3 is 2.57 bits per heavy atom. The maximum Gasteiger partial charge on any atom is 0.261 e. The van der Waals surface area contributed by atoms with Crippen molar-refractivity contribution in [2.45, 2.75) is 34.9 Å². The van der Waals surface area contributed by atoms with Gasteiger partial charge in [-0.3, -0.25) is 10.0 Å². The first-order valence-electron chi connectivity index (χ1n) is 8.93. The van der Waals surface area contributed by atoms with E-state index in [9.17, 15) is 13.2 Å². The average Bonchev–Trinajstić information content (AvgIpc) is 3.13. The van der Waals surface area contributed by atoms with Crippen molar-refractivity contribution in [3.8, 4) is 0 Å². The number of benzene rings is 2. The van der Waals surface area contributed by atoms with Gasteiger partial charge in [0.15, 0.2) is 4.34 Å². The fourth-order valence-electron chi connectivity index (χ4n) is 2.64.